The van der Waals surface area contributed by atoms with Crippen LogP contribution in [0.15, 0.2) is 24.3 Å². The molecule has 1 saturated carbocycles. The van der Waals surface area contributed by atoms with E-state index in [-0.39, 0.29) is 5.97 Å². The van der Waals surface area contributed by atoms with E-state index in [1.165, 1.54) is 20.0 Å². The Kier molecular flexibility index (Phi) is 5.41. The number of benzene rings is 1. The number of rotatable bonds is 6. The molecule has 1 N–H and O–H groups in total. The number of methoxy groups -OCH3 is 1. The number of para-hydroxylation sites is 1. The molecule has 0 aliphatic heterocycles. The molecule has 1 fully saturated rings. The zero-order chi connectivity index (χ0) is 14.4. The number of carbonyl (C=O) groups excluding carboxylic acids is 1. The normalized spacial score (nSPS) is 16.9. The maximum Gasteiger partial charge on any atom is 0.327 e. The smallest absolute Gasteiger partial charge is 0.327 e. The lowest BCUT2D eigenvalue weighted by Crippen LogP contribution is -2.36. The van der Waals surface area contributed by atoms with E-state index in [2.05, 4.69) is 5.32 Å². The largest absolute Gasteiger partial charge is 0.494 e. The number of ether oxygens (including phenoxy) is 2. The topological polar surface area (TPSA) is 47.6 Å². The highest BCUT2D eigenvalue weighted by atomic mass is 16.5. The van der Waals surface area contributed by atoms with E-state index in [1.807, 2.05) is 31.2 Å². The highest BCUT2D eigenvalue weighted by molar-refractivity contribution is 5.78. The molecule has 0 radical (unpaired) electrons. The molecular weight excluding hydrogens is 254 g/mol. The summed E-state index contributed by atoms with van der Waals surface area (Å²) in [4.78, 5) is 12.1. The van der Waals surface area contributed by atoms with Crippen LogP contribution in [0.5, 0.6) is 5.75 Å². The van der Waals surface area contributed by atoms with Crippen LogP contribution in [0.25, 0.3) is 0 Å². The molecule has 110 valence electrons. The molecule has 1 unspecified atom stereocenters. The molecule has 1 aliphatic rings. The molecule has 0 amide bonds. The number of hydrogen-bond donors (Lipinski definition) is 1. The Labute approximate surface area is 120 Å². The molecule has 0 heterocycles. The first-order valence-corrected chi connectivity index (χ1v) is 7.31. The molecule has 1 aromatic carbocycles. The minimum atomic E-state index is -0.453. The monoisotopic (exact) mass is 277 g/mol. The molecule has 2 rings (SSSR count). The molecule has 4 heteroatoms. The van der Waals surface area contributed by atoms with Crippen molar-refractivity contribution in [1.82, 2.24) is 5.32 Å². The summed E-state index contributed by atoms with van der Waals surface area (Å²) in [6.45, 7) is 2.52. The van der Waals surface area contributed by atoms with Gasteiger partial charge in [0.05, 0.1) is 13.7 Å². The predicted octanol–water partition coefficient (Wildman–Crippen LogP) is 2.83. The minimum absolute atomic E-state index is 0.260. The standard InChI is InChI=1S/C16H23NO3/c1-3-20-14-11-7-6-10-13(14)15(16(18)19-2)17-12-8-4-5-9-12/h6-7,10-12,15,17H,3-5,8-9H2,1-2H3. The van der Waals surface area contributed by atoms with Crippen LogP contribution >= 0.6 is 0 Å². The van der Waals surface area contributed by atoms with E-state index >= 15 is 0 Å². The Morgan fingerprint density at radius 2 is 2.05 bits per heavy atom. The minimum Gasteiger partial charge on any atom is -0.494 e. The highest BCUT2D eigenvalue weighted by Gasteiger charge is 2.28. The average Bonchev–Trinajstić information content (AvgIpc) is 2.98. The maximum atomic E-state index is 12.1. The van der Waals surface area contributed by atoms with Crippen molar-refractivity contribution in [3.8, 4) is 5.75 Å². The van der Waals surface area contributed by atoms with Crippen molar-refractivity contribution in [2.45, 2.75) is 44.7 Å². The van der Waals surface area contributed by atoms with Gasteiger partial charge in [0.15, 0.2) is 0 Å². The van der Waals surface area contributed by atoms with Gasteiger partial charge in [-0.15, -0.1) is 0 Å². The van der Waals surface area contributed by atoms with Crippen LogP contribution in [-0.4, -0.2) is 25.7 Å². The summed E-state index contributed by atoms with van der Waals surface area (Å²) >= 11 is 0. The fraction of sp³-hybridized carbons (Fsp3) is 0.562. The van der Waals surface area contributed by atoms with E-state index in [9.17, 15) is 4.79 Å². The first kappa shape index (κ1) is 14.9. The summed E-state index contributed by atoms with van der Waals surface area (Å²) in [5.74, 6) is 0.486. The second-order valence-corrected chi connectivity index (χ2v) is 5.08. The molecule has 1 atom stereocenters. The Hall–Kier alpha value is -1.55. The molecule has 4 nitrogen and oxygen atoms in total. The van der Waals surface area contributed by atoms with Gasteiger partial charge in [0.25, 0.3) is 0 Å². The fourth-order valence-electron chi connectivity index (χ4n) is 2.74. The SMILES string of the molecule is CCOc1ccccc1C(NC1CCCC1)C(=O)OC. The zero-order valence-corrected chi connectivity index (χ0v) is 12.2. The van der Waals surface area contributed by atoms with Gasteiger partial charge in [0.1, 0.15) is 11.8 Å². The van der Waals surface area contributed by atoms with Crippen molar-refractivity contribution in [3.05, 3.63) is 29.8 Å². The third kappa shape index (κ3) is 3.51. The van der Waals surface area contributed by atoms with Crippen LogP contribution < -0.4 is 10.1 Å². The fourth-order valence-corrected chi connectivity index (χ4v) is 2.74. The van der Waals surface area contributed by atoms with Crippen LogP contribution in [-0.2, 0) is 9.53 Å². The van der Waals surface area contributed by atoms with Gasteiger partial charge in [-0.05, 0) is 25.8 Å². The van der Waals surface area contributed by atoms with Crippen molar-refractivity contribution in [2.24, 2.45) is 0 Å². The van der Waals surface area contributed by atoms with Gasteiger partial charge >= 0.3 is 5.97 Å². The van der Waals surface area contributed by atoms with Crippen molar-refractivity contribution in [3.63, 3.8) is 0 Å². The lowest BCUT2D eigenvalue weighted by molar-refractivity contribution is -0.143. The number of hydrogen-bond acceptors (Lipinski definition) is 4. The summed E-state index contributed by atoms with van der Waals surface area (Å²) in [6.07, 6.45) is 4.67. The second-order valence-electron chi connectivity index (χ2n) is 5.08. The van der Waals surface area contributed by atoms with Crippen LogP contribution in [0.4, 0.5) is 0 Å². The quantitative estimate of drug-likeness (QED) is 0.812. The number of esters is 1. The van der Waals surface area contributed by atoms with Crippen molar-refractivity contribution in [2.75, 3.05) is 13.7 Å². The highest BCUT2D eigenvalue weighted by Crippen LogP contribution is 2.28. The van der Waals surface area contributed by atoms with Gasteiger partial charge in [-0.25, -0.2) is 4.79 Å². The molecule has 0 saturated heterocycles. The molecule has 0 spiro atoms. The Morgan fingerprint density at radius 3 is 2.70 bits per heavy atom. The van der Waals surface area contributed by atoms with Crippen LogP contribution in [0.1, 0.15) is 44.2 Å². The number of nitrogens with one attached hydrogen (secondary N) is 1. The van der Waals surface area contributed by atoms with Crippen LogP contribution in [0.3, 0.4) is 0 Å². The van der Waals surface area contributed by atoms with Crippen molar-refractivity contribution in [1.29, 1.82) is 0 Å². The molecule has 20 heavy (non-hydrogen) atoms. The van der Waals surface area contributed by atoms with Gasteiger partial charge in [-0.2, -0.15) is 0 Å². The van der Waals surface area contributed by atoms with Gasteiger partial charge in [0.2, 0.25) is 0 Å². The lowest BCUT2D eigenvalue weighted by atomic mass is 10.0. The van der Waals surface area contributed by atoms with Gasteiger partial charge in [0, 0.05) is 11.6 Å². The van der Waals surface area contributed by atoms with Crippen molar-refractivity contribution >= 4 is 5.97 Å². The van der Waals surface area contributed by atoms with Crippen LogP contribution in [0.2, 0.25) is 0 Å². The zero-order valence-electron chi connectivity index (χ0n) is 12.2. The summed E-state index contributed by atoms with van der Waals surface area (Å²) < 4.78 is 10.6. The lowest BCUT2D eigenvalue weighted by Gasteiger charge is -2.23. The van der Waals surface area contributed by atoms with Gasteiger partial charge < -0.3 is 9.47 Å². The van der Waals surface area contributed by atoms with E-state index < -0.39 is 6.04 Å². The Bertz CT molecular complexity index is 441. The third-order valence-electron chi connectivity index (χ3n) is 3.72. The predicted molar refractivity (Wildman–Crippen MR) is 77.8 cm³/mol. The summed E-state index contributed by atoms with van der Waals surface area (Å²) in [5.41, 5.74) is 0.855. The Balaban J connectivity index is 2.23. The van der Waals surface area contributed by atoms with E-state index in [1.54, 1.807) is 0 Å². The summed E-state index contributed by atoms with van der Waals surface area (Å²) in [7, 11) is 1.43. The molecule has 0 aromatic heterocycles. The first-order chi connectivity index (χ1) is 9.76. The first-order valence-electron chi connectivity index (χ1n) is 7.31. The second kappa shape index (κ2) is 7.29. The summed E-state index contributed by atoms with van der Waals surface area (Å²) in [6, 6.07) is 7.59. The molecular formula is C16H23NO3. The summed E-state index contributed by atoms with van der Waals surface area (Å²) in [5, 5.41) is 3.43. The van der Waals surface area contributed by atoms with Crippen molar-refractivity contribution < 1.29 is 14.3 Å². The molecule has 1 aliphatic carbocycles. The molecule has 0 bridgehead atoms. The van der Waals surface area contributed by atoms with Gasteiger partial charge in [-0.1, -0.05) is 31.0 Å². The van der Waals surface area contributed by atoms with E-state index in [0.29, 0.717) is 12.6 Å². The van der Waals surface area contributed by atoms with E-state index in [0.717, 1.165) is 24.2 Å². The molecule has 1 aromatic rings. The van der Waals surface area contributed by atoms with E-state index in [4.69, 9.17) is 9.47 Å². The van der Waals surface area contributed by atoms with Crippen LogP contribution in [0, 0.1) is 0 Å². The Morgan fingerprint density at radius 1 is 1.35 bits per heavy atom. The third-order valence-corrected chi connectivity index (χ3v) is 3.72. The maximum absolute atomic E-state index is 12.1. The average molecular weight is 277 g/mol. The van der Waals surface area contributed by atoms with Gasteiger partial charge in [-0.3, -0.25) is 5.32 Å². The number of carbonyl (C=O) groups is 1.